The van der Waals surface area contributed by atoms with Crippen molar-refractivity contribution < 1.29 is 32.6 Å². The zero-order valence-electron chi connectivity index (χ0n) is 15.7. The molecule has 0 bridgehead atoms. The second-order valence-electron chi connectivity index (χ2n) is 6.79. The molecule has 0 aliphatic heterocycles. The number of nitrogens with one attached hydrogen (secondary N) is 2. The molecule has 0 fully saturated rings. The maximum Gasteiger partial charge on any atom is 0.407 e. The predicted molar refractivity (Wildman–Crippen MR) is 92.7 cm³/mol. The van der Waals surface area contributed by atoms with Gasteiger partial charge in [0, 0.05) is 18.2 Å². The van der Waals surface area contributed by atoms with Gasteiger partial charge in [-0.15, -0.1) is 0 Å². The van der Waals surface area contributed by atoms with Crippen LogP contribution in [0.4, 0.5) is 13.6 Å². The summed E-state index contributed by atoms with van der Waals surface area (Å²) in [6.07, 6.45) is -0.808. The quantitative estimate of drug-likeness (QED) is 0.703. The zero-order chi connectivity index (χ0) is 20.6. The van der Waals surface area contributed by atoms with Crippen LogP contribution in [0, 0.1) is 11.6 Å². The molecule has 9 heteroatoms. The van der Waals surface area contributed by atoms with E-state index in [1.807, 2.05) is 0 Å². The Morgan fingerprint density at radius 3 is 2.44 bits per heavy atom. The van der Waals surface area contributed by atoms with E-state index in [-0.39, 0.29) is 18.5 Å². The third-order valence-corrected chi connectivity index (χ3v) is 3.17. The van der Waals surface area contributed by atoms with E-state index in [2.05, 4.69) is 10.6 Å². The SMILES string of the molecule is C[C@@H](NC(=O)COC(=O)CCNC(=O)OC(C)(C)C)c1ccc(F)cc1F. The Kier molecular flexibility index (Phi) is 8.14. The minimum absolute atomic E-state index is 0.00738. The fourth-order valence-electron chi connectivity index (χ4n) is 2.01. The summed E-state index contributed by atoms with van der Waals surface area (Å²) in [6.45, 7) is 6.07. The highest BCUT2D eigenvalue weighted by Crippen LogP contribution is 2.17. The Balaban J connectivity index is 2.31. The molecule has 150 valence electrons. The van der Waals surface area contributed by atoms with Crippen LogP contribution in [0.5, 0.6) is 0 Å². The highest BCUT2D eigenvalue weighted by atomic mass is 19.1. The average Bonchev–Trinajstić information content (AvgIpc) is 2.51. The highest BCUT2D eigenvalue weighted by Gasteiger charge is 2.17. The van der Waals surface area contributed by atoms with Gasteiger partial charge in [0.25, 0.3) is 5.91 Å². The van der Waals surface area contributed by atoms with Gasteiger partial charge >= 0.3 is 12.1 Å². The van der Waals surface area contributed by atoms with Crippen molar-refractivity contribution in [1.82, 2.24) is 10.6 Å². The molecule has 0 radical (unpaired) electrons. The van der Waals surface area contributed by atoms with E-state index >= 15 is 0 Å². The number of amides is 2. The topological polar surface area (TPSA) is 93.7 Å². The van der Waals surface area contributed by atoms with E-state index in [1.165, 1.54) is 13.0 Å². The number of rotatable bonds is 7. The monoisotopic (exact) mass is 386 g/mol. The first kappa shape index (κ1) is 22.3. The van der Waals surface area contributed by atoms with Crippen molar-refractivity contribution in [2.75, 3.05) is 13.2 Å². The molecule has 0 aliphatic carbocycles. The van der Waals surface area contributed by atoms with E-state index in [1.54, 1.807) is 20.8 Å². The molecule has 0 saturated heterocycles. The molecule has 1 atom stereocenters. The van der Waals surface area contributed by atoms with E-state index in [9.17, 15) is 23.2 Å². The summed E-state index contributed by atoms with van der Waals surface area (Å²) in [6, 6.07) is 2.30. The second-order valence-corrected chi connectivity index (χ2v) is 6.79. The number of benzene rings is 1. The van der Waals surface area contributed by atoms with Gasteiger partial charge in [0.05, 0.1) is 12.5 Å². The molecule has 1 aromatic rings. The van der Waals surface area contributed by atoms with Crippen molar-refractivity contribution >= 4 is 18.0 Å². The number of hydrogen-bond donors (Lipinski definition) is 2. The van der Waals surface area contributed by atoms with Crippen LogP contribution in [0.25, 0.3) is 0 Å². The zero-order valence-corrected chi connectivity index (χ0v) is 15.7. The number of halogens is 2. The summed E-state index contributed by atoms with van der Waals surface area (Å²) in [5.41, 5.74) is -0.541. The number of carbonyl (C=O) groups excluding carboxylic acids is 3. The summed E-state index contributed by atoms with van der Waals surface area (Å²) >= 11 is 0. The Morgan fingerprint density at radius 2 is 1.85 bits per heavy atom. The average molecular weight is 386 g/mol. The molecule has 27 heavy (non-hydrogen) atoms. The minimum atomic E-state index is -0.784. The van der Waals surface area contributed by atoms with Gasteiger partial charge in [-0.05, 0) is 33.8 Å². The lowest BCUT2D eigenvalue weighted by Crippen LogP contribution is -2.34. The number of esters is 1. The van der Waals surface area contributed by atoms with Crippen molar-refractivity contribution in [1.29, 1.82) is 0 Å². The van der Waals surface area contributed by atoms with Crippen LogP contribution in [-0.4, -0.2) is 36.7 Å². The first-order valence-electron chi connectivity index (χ1n) is 8.34. The Morgan fingerprint density at radius 1 is 1.19 bits per heavy atom. The molecule has 0 heterocycles. The van der Waals surface area contributed by atoms with Gasteiger partial charge < -0.3 is 20.1 Å². The third kappa shape index (κ3) is 8.98. The van der Waals surface area contributed by atoms with Gasteiger partial charge in [-0.3, -0.25) is 9.59 Å². The lowest BCUT2D eigenvalue weighted by molar-refractivity contribution is -0.148. The Bertz CT molecular complexity index is 689. The Labute approximate surface area is 156 Å². The second kappa shape index (κ2) is 9.84. The summed E-state index contributed by atoms with van der Waals surface area (Å²) in [5.74, 6) is -2.83. The summed E-state index contributed by atoms with van der Waals surface area (Å²) < 4.78 is 36.3. The van der Waals surface area contributed by atoms with Gasteiger partial charge in [-0.1, -0.05) is 6.07 Å². The molecule has 0 aliphatic rings. The number of carbonyl (C=O) groups is 3. The Hall–Kier alpha value is -2.71. The predicted octanol–water partition coefficient (Wildman–Crippen LogP) is 2.60. The number of alkyl carbamates (subject to hydrolysis) is 1. The normalized spacial score (nSPS) is 12.1. The lowest BCUT2D eigenvalue weighted by atomic mass is 10.1. The molecule has 1 rings (SSSR count). The van der Waals surface area contributed by atoms with Crippen LogP contribution in [0.1, 0.15) is 45.7 Å². The largest absolute Gasteiger partial charge is 0.456 e. The molecule has 2 amide bonds. The van der Waals surface area contributed by atoms with E-state index in [4.69, 9.17) is 9.47 Å². The van der Waals surface area contributed by atoms with Crippen LogP contribution < -0.4 is 10.6 Å². The molecular formula is C18H24F2N2O5. The standard InChI is InChI=1S/C18H24F2N2O5/c1-11(13-6-5-12(19)9-14(13)20)22-15(23)10-26-16(24)7-8-21-17(25)27-18(2,3)4/h5-6,9,11H,7-8,10H2,1-4H3,(H,21,25)(H,22,23)/t11-/m1/s1. The van der Waals surface area contributed by atoms with Gasteiger partial charge in [0.1, 0.15) is 17.2 Å². The van der Waals surface area contributed by atoms with Crippen LogP contribution in [0.15, 0.2) is 18.2 Å². The van der Waals surface area contributed by atoms with Crippen LogP contribution in [0.3, 0.4) is 0 Å². The van der Waals surface area contributed by atoms with Crippen molar-refractivity contribution in [3.8, 4) is 0 Å². The molecule has 0 unspecified atom stereocenters. The molecular weight excluding hydrogens is 362 g/mol. The minimum Gasteiger partial charge on any atom is -0.456 e. The van der Waals surface area contributed by atoms with Crippen LogP contribution in [-0.2, 0) is 19.1 Å². The van der Waals surface area contributed by atoms with Crippen molar-refractivity contribution in [3.05, 3.63) is 35.4 Å². The third-order valence-electron chi connectivity index (χ3n) is 3.17. The lowest BCUT2D eigenvalue weighted by Gasteiger charge is -2.19. The number of hydrogen-bond acceptors (Lipinski definition) is 5. The van der Waals surface area contributed by atoms with Crippen molar-refractivity contribution in [3.63, 3.8) is 0 Å². The number of ether oxygens (including phenoxy) is 2. The van der Waals surface area contributed by atoms with Gasteiger partial charge in [-0.25, -0.2) is 13.6 Å². The molecule has 1 aromatic carbocycles. The van der Waals surface area contributed by atoms with Gasteiger partial charge in [0.15, 0.2) is 6.61 Å². The molecule has 7 nitrogen and oxygen atoms in total. The summed E-state index contributed by atoms with van der Waals surface area (Å²) in [4.78, 5) is 34.7. The molecule has 0 saturated carbocycles. The van der Waals surface area contributed by atoms with E-state index in [0.717, 1.165) is 12.1 Å². The highest BCUT2D eigenvalue weighted by molar-refractivity contribution is 5.81. The summed E-state index contributed by atoms with van der Waals surface area (Å²) in [7, 11) is 0. The smallest absolute Gasteiger partial charge is 0.407 e. The van der Waals surface area contributed by atoms with E-state index in [0.29, 0.717) is 0 Å². The first-order chi connectivity index (χ1) is 12.5. The fourth-order valence-corrected chi connectivity index (χ4v) is 2.01. The first-order valence-corrected chi connectivity index (χ1v) is 8.34. The molecule has 2 N–H and O–H groups in total. The molecule has 0 spiro atoms. The maximum absolute atomic E-state index is 13.7. The molecule has 0 aromatic heterocycles. The van der Waals surface area contributed by atoms with Crippen molar-refractivity contribution in [2.24, 2.45) is 0 Å². The van der Waals surface area contributed by atoms with Gasteiger partial charge in [-0.2, -0.15) is 0 Å². The van der Waals surface area contributed by atoms with Crippen molar-refractivity contribution in [2.45, 2.75) is 45.8 Å². The summed E-state index contributed by atoms with van der Waals surface area (Å²) in [5, 5.41) is 4.83. The van der Waals surface area contributed by atoms with E-state index < -0.39 is 47.9 Å². The van der Waals surface area contributed by atoms with Gasteiger partial charge in [0.2, 0.25) is 0 Å². The van der Waals surface area contributed by atoms with Crippen LogP contribution >= 0.6 is 0 Å². The fraction of sp³-hybridized carbons (Fsp3) is 0.500. The maximum atomic E-state index is 13.7. The van der Waals surface area contributed by atoms with Crippen LogP contribution in [0.2, 0.25) is 0 Å².